The summed E-state index contributed by atoms with van der Waals surface area (Å²) in [5.41, 5.74) is 6.77. The van der Waals surface area contributed by atoms with Crippen LogP contribution >= 0.6 is 0 Å². The molecule has 0 aliphatic carbocycles. The summed E-state index contributed by atoms with van der Waals surface area (Å²) in [6, 6.07) is 11.9. The quantitative estimate of drug-likeness (QED) is 0.573. The van der Waals surface area contributed by atoms with E-state index in [2.05, 4.69) is 10.9 Å². The van der Waals surface area contributed by atoms with Crippen molar-refractivity contribution < 1.29 is 18.0 Å². The van der Waals surface area contributed by atoms with E-state index in [9.17, 15) is 18.0 Å². The lowest BCUT2D eigenvalue weighted by molar-refractivity contribution is 0.0847. The number of aromatic nitrogens is 1. The van der Waals surface area contributed by atoms with Gasteiger partial charge in [-0.3, -0.25) is 20.4 Å². The Bertz CT molecular complexity index is 1240. The van der Waals surface area contributed by atoms with Crippen LogP contribution in [0.1, 0.15) is 40.1 Å². The standard InChI is InChI=1S/C22H26N4O4S/c1-5-26(6-2)31(29,30)20-13-16(12-11-15(20)3)21(27)23-24-22(28)18-14-25(4)19-10-8-7-9-17(18)19/h7-14H,5-6H2,1-4H3,(H,23,27)(H,24,28). The van der Waals surface area contributed by atoms with E-state index in [-0.39, 0.29) is 10.5 Å². The smallest absolute Gasteiger partial charge is 0.271 e. The molecule has 0 fully saturated rings. The van der Waals surface area contributed by atoms with Crippen LogP contribution in [0.15, 0.2) is 53.6 Å². The molecular weight excluding hydrogens is 416 g/mol. The zero-order chi connectivity index (χ0) is 22.8. The highest BCUT2D eigenvalue weighted by Gasteiger charge is 2.25. The Morgan fingerprint density at radius 1 is 1.00 bits per heavy atom. The number of hydrogen-bond acceptors (Lipinski definition) is 4. The number of nitrogens with zero attached hydrogens (tertiary/aromatic N) is 2. The topological polar surface area (TPSA) is 101 Å². The van der Waals surface area contributed by atoms with Gasteiger partial charge in [0.05, 0.1) is 10.5 Å². The highest BCUT2D eigenvalue weighted by atomic mass is 32.2. The maximum Gasteiger partial charge on any atom is 0.271 e. The second-order valence-electron chi connectivity index (χ2n) is 7.15. The van der Waals surface area contributed by atoms with E-state index in [0.717, 1.165) is 10.9 Å². The minimum Gasteiger partial charge on any atom is -0.350 e. The Kier molecular flexibility index (Phi) is 6.47. The van der Waals surface area contributed by atoms with E-state index in [4.69, 9.17) is 0 Å². The fourth-order valence-corrected chi connectivity index (χ4v) is 5.21. The number of sulfonamides is 1. The highest BCUT2D eigenvalue weighted by Crippen LogP contribution is 2.22. The molecule has 0 spiro atoms. The summed E-state index contributed by atoms with van der Waals surface area (Å²) in [5.74, 6) is -1.07. The molecular formula is C22H26N4O4S. The summed E-state index contributed by atoms with van der Waals surface area (Å²) in [4.78, 5) is 25.3. The number of benzene rings is 2. The molecule has 0 radical (unpaired) electrons. The lowest BCUT2D eigenvalue weighted by Gasteiger charge is -2.20. The summed E-state index contributed by atoms with van der Waals surface area (Å²) in [7, 11) is -1.89. The van der Waals surface area contributed by atoms with Gasteiger partial charge in [0.1, 0.15) is 0 Å². The summed E-state index contributed by atoms with van der Waals surface area (Å²) >= 11 is 0. The second-order valence-corrected chi connectivity index (χ2v) is 9.06. The Morgan fingerprint density at radius 2 is 1.65 bits per heavy atom. The van der Waals surface area contributed by atoms with E-state index in [1.807, 2.05) is 35.9 Å². The van der Waals surface area contributed by atoms with E-state index in [1.165, 1.54) is 16.4 Å². The van der Waals surface area contributed by atoms with Gasteiger partial charge in [0.25, 0.3) is 11.8 Å². The number of hydrogen-bond donors (Lipinski definition) is 2. The zero-order valence-corrected chi connectivity index (χ0v) is 18.8. The average molecular weight is 443 g/mol. The Hall–Kier alpha value is -3.17. The SMILES string of the molecule is CCN(CC)S(=O)(=O)c1cc(C(=O)NNC(=O)c2cn(C)c3ccccc23)ccc1C. The predicted molar refractivity (Wildman–Crippen MR) is 119 cm³/mol. The third kappa shape index (κ3) is 4.33. The van der Waals surface area contributed by atoms with Crippen molar-refractivity contribution in [1.82, 2.24) is 19.7 Å². The Balaban J connectivity index is 1.80. The number of carbonyl (C=O) groups is 2. The van der Waals surface area contributed by atoms with E-state index >= 15 is 0 Å². The molecule has 3 aromatic rings. The van der Waals surface area contributed by atoms with Crippen molar-refractivity contribution in [3.05, 3.63) is 65.4 Å². The van der Waals surface area contributed by atoms with Gasteiger partial charge in [0, 0.05) is 42.8 Å². The van der Waals surface area contributed by atoms with Crippen molar-refractivity contribution in [3.63, 3.8) is 0 Å². The number of nitrogens with one attached hydrogen (secondary N) is 2. The Labute approximate surface area is 181 Å². The van der Waals surface area contributed by atoms with Gasteiger partial charge in [-0.2, -0.15) is 4.31 Å². The van der Waals surface area contributed by atoms with E-state index in [0.29, 0.717) is 24.2 Å². The molecule has 1 aromatic heterocycles. The van der Waals surface area contributed by atoms with Crippen LogP contribution in [0.25, 0.3) is 10.9 Å². The molecule has 1 heterocycles. The van der Waals surface area contributed by atoms with Gasteiger partial charge in [-0.1, -0.05) is 38.1 Å². The first kappa shape index (κ1) is 22.5. The van der Waals surface area contributed by atoms with Crippen LogP contribution in [-0.2, 0) is 17.1 Å². The zero-order valence-electron chi connectivity index (χ0n) is 18.0. The third-order valence-electron chi connectivity index (χ3n) is 5.20. The van der Waals surface area contributed by atoms with Crippen LogP contribution in [0.2, 0.25) is 0 Å². The number of rotatable bonds is 6. The lowest BCUT2D eigenvalue weighted by Crippen LogP contribution is -2.41. The molecule has 0 bridgehead atoms. The molecule has 0 aliphatic heterocycles. The van der Waals surface area contributed by atoms with Gasteiger partial charge in [0.2, 0.25) is 10.0 Å². The van der Waals surface area contributed by atoms with Crippen molar-refractivity contribution in [2.45, 2.75) is 25.7 Å². The molecule has 3 rings (SSSR count). The van der Waals surface area contributed by atoms with Crippen LogP contribution in [0.3, 0.4) is 0 Å². The molecule has 0 unspecified atom stereocenters. The van der Waals surface area contributed by atoms with Crippen molar-refractivity contribution in [3.8, 4) is 0 Å². The van der Waals surface area contributed by atoms with Gasteiger partial charge >= 0.3 is 0 Å². The van der Waals surface area contributed by atoms with E-state index < -0.39 is 21.8 Å². The molecule has 8 nitrogen and oxygen atoms in total. The highest BCUT2D eigenvalue weighted by molar-refractivity contribution is 7.89. The second kappa shape index (κ2) is 8.91. The van der Waals surface area contributed by atoms with Gasteiger partial charge in [-0.25, -0.2) is 8.42 Å². The number of hydrazine groups is 1. The van der Waals surface area contributed by atoms with E-state index in [1.54, 1.807) is 33.0 Å². The fourth-order valence-electron chi connectivity index (χ4n) is 3.50. The molecule has 2 N–H and O–H groups in total. The molecule has 164 valence electrons. The van der Waals surface area contributed by atoms with Gasteiger partial charge in [-0.05, 0) is 30.7 Å². The maximum atomic E-state index is 12.9. The minimum atomic E-state index is -3.72. The summed E-state index contributed by atoms with van der Waals surface area (Å²) in [6.45, 7) is 5.86. The number of aryl methyl sites for hydroxylation is 2. The predicted octanol–water partition coefficient (Wildman–Crippen LogP) is 2.59. The molecule has 31 heavy (non-hydrogen) atoms. The first-order valence-electron chi connectivity index (χ1n) is 9.96. The average Bonchev–Trinajstić information content (AvgIpc) is 3.09. The number of carbonyl (C=O) groups excluding carboxylic acids is 2. The molecule has 9 heteroatoms. The molecule has 2 amide bonds. The van der Waals surface area contributed by atoms with Crippen LogP contribution in [0.4, 0.5) is 0 Å². The van der Waals surface area contributed by atoms with Crippen molar-refractivity contribution in [1.29, 1.82) is 0 Å². The summed E-state index contributed by atoms with van der Waals surface area (Å²) in [6.07, 6.45) is 1.69. The van der Waals surface area contributed by atoms with Crippen LogP contribution in [0, 0.1) is 6.92 Å². The summed E-state index contributed by atoms with van der Waals surface area (Å²) in [5, 5.41) is 0.764. The van der Waals surface area contributed by atoms with Crippen molar-refractivity contribution >= 4 is 32.7 Å². The van der Waals surface area contributed by atoms with Crippen LogP contribution < -0.4 is 10.9 Å². The monoisotopic (exact) mass is 442 g/mol. The van der Waals surface area contributed by atoms with Gasteiger partial charge < -0.3 is 4.57 Å². The van der Waals surface area contributed by atoms with Gasteiger partial charge in [0.15, 0.2) is 0 Å². The fraction of sp³-hybridized carbons (Fsp3) is 0.273. The maximum absolute atomic E-state index is 12.9. The lowest BCUT2D eigenvalue weighted by atomic mass is 10.1. The molecule has 0 aliphatic rings. The van der Waals surface area contributed by atoms with Crippen molar-refractivity contribution in [2.24, 2.45) is 7.05 Å². The number of fused-ring (bicyclic) bond motifs is 1. The third-order valence-corrected chi connectivity index (χ3v) is 7.40. The van der Waals surface area contributed by atoms with Crippen molar-refractivity contribution in [2.75, 3.05) is 13.1 Å². The molecule has 0 saturated carbocycles. The molecule has 0 atom stereocenters. The van der Waals surface area contributed by atoms with Crippen LogP contribution in [-0.4, -0.2) is 42.2 Å². The van der Waals surface area contributed by atoms with Gasteiger partial charge in [-0.15, -0.1) is 0 Å². The summed E-state index contributed by atoms with van der Waals surface area (Å²) < 4.78 is 28.9. The number of amides is 2. The normalized spacial score (nSPS) is 11.6. The first-order chi connectivity index (χ1) is 14.7. The molecule has 2 aromatic carbocycles. The Morgan fingerprint density at radius 3 is 2.32 bits per heavy atom. The first-order valence-corrected chi connectivity index (χ1v) is 11.4. The minimum absolute atomic E-state index is 0.0734. The largest absolute Gasteiger partial charge is 0.350 e. The molecule has 0 saturated heterocycles. The van der Waals surface area contributed by atoms with Crippen LogP contribution in [0.5, 0.6) is 0 Å². The number of para-hydroxylation sites is 1.